The lowest BCUT2D eigenvalue weighted by Crippen LogP contribution is -2.12. The molecule has 0 saturated heterocycles. The van der Waals surface area contributed by atoms with Gasteiger partial charge in [-0.2, -0.15) is 5.10 Å². The molecule has 0 saturated carbocycles. The number of primary amides is 1. The van der Waals surface area contributed by atoms with E-state index in [1.54, 1.807) is 30.3 Å². The molecule has 5 rings (SSSR count). The number of aromatic amines is 1. The van der Waals surface area contributed by atoms with E-state index in [9.17, 15) is 14.9 Å². The normalized spacial score (nSPS) is 11.1. The number of para-hydroxylation sites is 1. The van der Waals surface area contributed by atoms with Crippen LogP contribution in [0, 0.1) is 10.1 Å². The molecule has 1 amide bonds. The molecule has 0 unspecified atom stereocenters. The minimum Gasteiger partial charge on any atom is -0.457 e. The molecule has 0 fully saturated rings. The van der Waals surface area contributed by atoms with Crippen LogP contribution in [0.4, 0.5) is 5.69 Å². The summed E-state index contributed by atoms with van der Waals surface area (Å²) in [5.74, 6) is 0.692. The summed E-state index contributed by atoms with van der Waals surface area (Å²) >= 11 is 0. The van der Waals surface area contributed by atoms with Gasteiger partial charge in [-0.3, -0.25) is 14.9 Å². The fourth-order valence-electron chi connectivity index (χ4n) is 3.50. The van der Waals surface area contributed by atoms with Gasteiger partial charge in [-0.25, -0.2) is 4.52 Å². The van der Waals surface area contributed by atoms with E-state index in [1.165, 1.54) is 16.6 Å². The third kappa shape index (κ3) is 3.14. The van der Waals surface area contributed by atoms with Gasteiger partial charge in [0.25, 0.3) is 11.6 Å². The highest BCUT2D eigenvalue weighted by Crippen LogP contribution is 2.31. The third-order valence-corrected chi connectivity index (χ3v) is 4.91. The van der Waals surface area contributed by atoms with Crippen molar-refractivity contribution in [3.8, 4) is 22.8 Å². The summed E-state index contributed by atoms with van der Waals surface area (Å²) < 4.78 is 7.33. The first kappa shape index (κ1) is 18.4. The van der Waals surface area contributed by atoms with E-state index in [2.05, 4.69) is 10.1 Å². The first-order valence-corrected chi connectivity index (χ1v) is 9.33. The third-order valence-electron chi connectivity index (χ3n) is 4.91. The van der Waals surface area contributed by atoms with E-state index in [1.807, 2.05) is 30.3 Å². The van der Waals surface area contributed by atoms with Gasteiger partial charge in [0.15, 0.2) is 0 Å². The summed E-state index contributed by atoms with van der Waals surface area (Å²) in [5, 5.41) is 15.6. The predicted octanol–water partition coefficient (Wildman–Crippen LogP) is 4.28. The van der Waals surface area contributed by atoms with Gasteiger partial charge in [0, 0.05) is 17.7 Å². The molecule has 0 bridgehead atoms. The van der Waals surface area contributed by atoms with Gasteiger partial charge in [-0.1, -0.05) is 18.2 Å². The van der Waals surface area contributed by atoms with Crippen molar-refractivity contribution in [2.45, 2.75) is 0 Å². The van der Waals surface area contributed by atoms with Crippen LogP contribution in [0.1, 0.15) is 10.4 Å². The quantitative estimate of drug-likeness (QED) is 0.328. The molecule has 31 heavy (non-hydrogen) atoms. The molecular weight excluding hydrogens is 398 g/mol. The summed E-state index contributed by atoms with van der Waals surface area (Å²) in [4.78, 5) is 25.8. The number of non-ortho nitro benzene ring substituents is 1. The molecule has 9 nitrogen and oxygen atoms in total. The van der Waals surface area contributed by atoms with Crippen molar-refractivity contribution >= 4 is 28.3 Å². The number of carbonyl (C=O) groups excluding carboxylic acids is 1. The Balaban J connectivity index is 1.58. The van der Waals surface area contributed by atoms with E-state index in [4.69, 9.17) is 10.5 Å². The Morgan fingerprint density at radius 3 is 2.42 bits per heavy atom. The lowest BCUT2D eigenvalue weighted by Gasteiger charge is -2.06. The second kappa shape index (κ2) is 6.99. The molecule has 3 N–H and O–H groups in total. The number of nitrogens with zero attached hydrogens (tertiary/aromatic N) is 3. The van der Waals surface area contributed by atoms with Gasteiger partial charge in [-0.15, -0.1) is 0 Å². The average molecular weight is 413 g/mol. The Bertz CT molecular complexity index is 1450. The molecule has 0 aliphatic carbocycles. The van der Waals surface area contributed by atoms with Crippen LogP contribution >= 0.6 is 0 Å². The monoisotopic (exact) mass is 413 g/mol. The van der Waals surface area contributed by atoms with Crippen molar-refractivity contribution in [2.75, 3.05) is 0 Å². The number of aromatic nitrogens is 3. The fourth-order valence-corrected chi connectivity index (χ4v) is 3.50. The summed E-state index contributed by atoms with van der Waals surface area (Å²) in [7, 11) is 0. The Labute approximate surface area is 174 Å². The van der Waals surface area contributed by atoms with Crippen molar-refractivity contribution in [3.05, 3.63) is 88.5 Å². The SMILES string of the molecule is NC(=O)c1c(-c2ccc(Oc3ccccc3)cc2)nn2c1[nH]c1cc([N+](=O)[O-])ccc12. The Hall–Kier alpha value is -4.66. The summed E-state index contributed by atoms with van der Waals surface area (Å²) in [5.41, 5.74) is 8.34. The number of benzene rings is 3. The van der Waals surface area contributed by atoms with Crippen LogP contribution in [0.25, 0.3) is 27.9 Å². The van der Waals surface area contributed by atoms with E-state index in [-0.39, 0.29) is 11.3 Å². The second-order valence-corrected chi connectivity index (χ2v) is 6.87. The number of fused-ring (bicyclic) bond motifs is 3. The molecule has 9 heteroatoms. The number of H-pyrrole nitrogens is 1. The molecule has 2 aromatic heterocycles. The summed E-state index contributed by atoms with van der Waals surface area (Å²) in [6, 6.07) is 20.9. The van der Waals surface area contributed by atoms with Crippen LogP contribution in [-0.4, -0.2) is 25.4 Å². The van der Waals surface area contributed by atoms with Gasteiger partial charge < -0.3 is 15.5 Å². The molecule has 0 radical (unpaired) electrons. The maximum atomic E-state index is 12.2. The molecular formula is C22H15N5O4. The first-order valence-electron chi connectivity index (χ1n) is 9.33. The minimum absolute atomic E-state index is 0.0631. The van der Waals surface area contributed by atoms with Crippen LogP contribution in [0.5, 0.6) is 11.5 Å². The number of rotatable bonds is 5. The van der Waals surface area contributed by atoms with E-state index >= 15 is 0 Å². The Morgan fingerprint density at radius 2 is 1.74 bits per heavy atom. The number of carbonyl (C=O) groups is 1. The number of nitro benzene ring substituents is 1. The maximum Gasteiger partial charge on any atom is 0.271 e. The zero-order valence-corrected chi connectivity index (χ0v) is 16.0. The molecule has 152 valence electrons. The molecule has 0 aliphatic rings. The second-order valence-electron chi connectivity index (χ2n) is 6.87. The number of hydrogen-bond acceptors (Lipinski definition) is 5. The number of nitrogens with two attached hydrogens (primary N) is 1. The number of nitro groups is 1. The van der Waals surface area contributed by atoms with E-state index in [0.29, 0.717) is 39.4 Å². The highest BCUT2D eigenvalue weighted by atomic mass is 16.6. The zero-order chi connectivity index (χ0) is 21.5. The molecule has 3 aromatic carbocycles. The Morgan fingerprint density at radius 1 is 1.03 bits per heavy atom. The van der Waals surface area contributed by atoms with Gasteiger partial charge in [-0.05, 0) is 42.5 Å². The Kier molecular flexibility index (Phi) is 4.14. The highest BCUT2D eigenvalue weighted by Gasteiger charge is 2.23. The van der Waals surface area contributed by atoms with Crippen LogP contribution in [-0.2, 0) is 0 Å². The maximum absolute atomic E-state index is 12.2. The van der Waals surface area contributed by atoms with Crippen molar-refractivity contribution < 1.29 is 14.5 Å². The van der Waals surface area contributed by atoms with Gasteiger partial charge in [0.1, 0.15) is 28.4 Å². The van der Waals surface area contributed by atoms with Crippen LogP contribution in [0.2, 0.25) is 0 Å². The standard InChI is InChI=1S/C22H15N5O4/c23-21(28)19-20(13-6-9-16(10-7-13)31-15-4-2-1-3-5-15)25-26-18-11-8-14(27(29)30)12-17(18)24-22(19)26/h1-12,24H,(H2,23,28). The smallest absolute Gasteiger partial charge is 0.271 e. The number of ether oxygens (including phenoxy) is 1. The van der Waals surface area contributed by atoms with Gasteiger partial charge in [0.2, 0.25) is 0 Å². The van der Waals surface area contributed by atoms with Crippen LogP contribution in [0.15, 0.2) is 72.8 Å². The number of imidazole rings is 1. The van der Waals surface area contributed by atoms with Gasteiger partial charge >= 0.3 is 0 Å². The topological polar surface area (TPSA) is 129 Å². The fraction of sp³-hybridized carbons (Fsp3) is 0. The van der Waals surface area contributed by atoms with Crippen molar-refractivity contribution in [2.24, 2.45) is 5.73 Å². The zero-order valence-electron chi connectivity index (χ0n) is 16.0. The van der Waals surface area contributed by atoms with E-state index < -0.39 is 10.8 Å². The number of nitrogens with one attached hydrogen (secondary N) is 1. The summed E-state index contributed by atoms with van der Waals surface area (Å²) in [6.45, 7) is 0. The number of amides is 1. The predicted molar refractivity (Wildman–Crippen MR) is 114 cm³/mol. The largest absolute Gasteiger partial charge is 0.457 e. The number of hydrogen-bond donors (Lipinski definition) is 2. The van der Waals surface area contributed by atoms with E-state index in [0.717, 1.165) is 0 Å². The molecule has 0 aliphatic heterocycles. The highest BCUT2D eigenvalue weighted by molar-refractivity contribution is 6.06. The van der Waals surface area contributed by atoms with Crippen molar-refractivity contribution in [1.82, 2.24) is 14.6 Å². The molecule has 0 spiro atoms. The molecule has 2 heterocycles. The van der Waals surface area contributed by atoms with Crippen LogP contribution in [0.3, 0.4) is 0 Å². The van der Waals surface area contributed by atoms with Crippen LogP contribution < -0.4 is 10.5 Å². The lowest BCUT2D eigenvalue weighted by molar-refractivity contribution is -0.384. The first-order chi connectivity index (χ1) is 15.0. The summed E-state index contributed by atoms with van der Waals surface area (Å²) in [6.07, 6.45) is 0. The van der Waals surface area contributed by atoms with Gasteiger partial charge in [0.05, 0.1) is 16.0 Å². The average Bonchev–Trinajstić information content (AvgIpc) is 3.30. The molecule has 0 atom stereocenters. The van der Waals surface area contributed by atoms with Crippen molar-refractivity contribution in [3.63, 3.8) is 0 Å². The molecule has 5 aromatic rings. The minimum atomic E-state index is -0.657. The lowest BCUT2D eigenvalue weighted by atomic mass is 10.1. The van der Waals surface area contributed by atoms with Crippen molar-refractivity contribution in [1.29, 1.82) is 0 Å².